The summed E-state index contributed by atoms with van der Waals surface area (Å²) in [5, 5.41) is 0. The number of rotatable bonds is 2. The number of carbonyl (C=O) groups is 2. The monoisotopic (exact) mass is 300 g/mol. The molecule has 0 aromatic heterocycles. The lowest BCUT2D eigenvalue weighted by atomic mass is 9.83. The first-order chi connectivity index (χ1) is 10.3. The van der Waals surface area contributed by atoms with Crippen LogP contribution < -0.4 is 0 Å². The minimum atomic E-state index is -1.21. The highest BCUT2D eigenvalue weighted by Gasteiger charge is 2.47. The summed E-state index contributed by atoms with van der Waals surface area (Å²) >= 11 is 0. The summed E-state index contributed by atoms with van der Waals surface area (Å²) in [7, 11) is 0. The summed E-state index contributed by atoms with van der Waals surface area (Å²) in [4.78, 5) is 24.4. The summed E-state index contributed by atoms with van der Waals surface area (Å²) in [6, 6.07) is 9.44. The first-order valence-electron chi connectivity index (χ1n) is 7.32. The van der Waals surface area contributed by atoms with Gasteiger partial charge in [0.15, 0.2) is 5.92 Å². The van der Waals surface area contributed by atoms with Gasteiger partial charge < -0.3 is 9.47 Å². The predicted molar refractivity (Wildman–Crippen MR) is 81.4 cm³/mol. The molecule has 0 spiro atoms. The van der Waals surface area contributed by atoms with E-state index >= 15 is 0 Å². The Labute approximate surface area is 130 Å². The molecule has 1 heterocycles. The lowest BCUT2D eigenvalue weighted by Crippen LogP contribution is -2.49. The van der Waals surface area contributed by atoms with E-state index in [1.165, 1.54) is 0 Å². The highest BCUT2D eigenvalue weighted by Crippen LogP contribution is 2.31. The maximum atomic E-state index is 12.2. The Morgan fingerprint density at radius 1 is 1.05 bits per heavy atom. The summed E-state index contributed by atoms with van der Waals surface area (Å²) in [5.41, 5.74) is 0.839. The van der Waals surface area contributed by atoms with Crippen LogP contribution in [0.15, 0.2) is 30.3 Å². The minimum absolute atomic E-state index is 0.0162. The molecule has 1 aromatic rings. The molecule has 1 aromatic carbocycles. The number of ether oxygens (including phenoxy) is 2. The molecule has 0 radical (unpaired) electrons. The zero-order chi connectivity index (χ0) is 16.3. The van der Waals surface area contributed by atoms with E-state index in [4.69, 9.17) is 9.47 Å². The Morgan fingerprint density at radius 2 is 1.59 bits per heavy atom. The van der Waals surface area contributed by atoms with Gasteiger partial charge in [-0.2, -0.15) is 0 Å². The van der Waals surface area contributed by atoms with Crippen molar-refractivity contribution in [1.29, 1.82) is 0 Å². The SMILES string of the molecule is CC(C)[C@@H](C#Cc1ccccc1)C1C(=O)OC(C)(C)OC1=O. The van der Waals surface area contributed by atoms with Crippen LogP contribution in [-0.4, -0.2) is 17.7 Å². The van der Waals surface area contributed by atoms with Crippen molar-refractivity contribution in [2.45, 2.75) is 33.5 Å². The van der Waals surface area contributed by atoms with Gasteiger partial charge in [0.2, 0.25) is 0 Å². The molecule has 1 atom stereocenters. The molecule has 0 bridgehead atoms. The second-order valence-corrected chi connectivity index (χ2v) is 6.12. The minimum Gasteiger partial charge on any atom is -0.422 e. The van der Waals surface area contributed by atoms with Crippen LogP contribution in [-0.2, 0) is 19.1 Å². The third-order valence-electron chi connectivity index (χ3n) is 3.43. The molecule has 0 amide bonds. The molecule has 0 aliphatic carbocycles. The van der Waals surface area contributed by atoms with Crippen molar-refractivity contribution in [2.75, 3.05) is 0 Å². The molecule has 22 heavy (non-hydrogen) atoms. The molecular formula is C18H20O4. The molecule has 4 heteroatoms. The number of benzene rings is 1. The van der Waals surface area contributed by atoms with Crippen molar-refractivity contribution in [3.63, 3.8) is 0 Å². The number of carbonyl (C=O) groups excluding carboxylic acids is 2. The van der Waals surface area contributed by atoms with Crippen LogP contribution in [0, 0.1) is 29.6 Å². The van der Waals surface area contributed by atoms with Gasteiger partial charge in [-0.25, -0.2) is 0 Å². The fourth-order valence-electron chi connectivity index (χ4n) is 2.34. The Balaban J connectivity index is 2.27. The number of esters is 2. The van der Waals surface area contributed by atoms with E-state index < -0.39 is 29.6 Å². The highest BCUT2D eigenvalue weighted by atomic mass is 16.7. The molecule has 0 saturated carbocycles. The van der Waals surface area contributed by atoms with E-state index in [0.29, 0.717) is 0 Å². The lowest BCUT2D eigenvalue weighted by molar-refractivity contribution is -0.242. The normalized spacial score (nSPS) is 19.0. The van der Waals surface area contributed by atoms with Crippen molar-refractivity contribution in [3.8, 4) is 11.8 Å². The van der Waals surface area contributed by atoms with E-state index in [-0.39, 0.29) is 5.92 Å². The Kier molecular flexibility index (Phi) is 4.56. The quantitative estimate of drug-likeness (QED) is 0.479. The third kappa shape index (κ3) is 3.67. The maximum Gasteiger partial charge on any atom is 0.324 e. The topological polar surface area (TPSA) is 52.6 Å². The summed E-state index contributed by atoms with van der Waals surface area (Å²) in [6.45, 7) is 6.92. The predicted octanol–water partition coefficient (Wildman–Crippen LogP) is 2.76. The molecule has 1 aliphatic heterocycles. The van der Waals surface area contributed by atoms with Crippen LogP contribution in [0.4, 0.5) is 0 Å². The second-order valence-electron chi connectivity index (χ2n) is 6.12. The fourth-order valence-corrected chi connectivity index (χ4v) is 2.34. The van der Waals surface area contributed by atoms with Gasteiger partial charge in [0, 0.05) is 25.3 Å². The fraction of sp³-hybridized carbons (Fsp3) is 0.444. The van der Waals surface area contributed by atoms with E-state index in [9.17, 15) is 9.59 Å². The number of cyclic esters (lactones) is 2. The van der Waals surface area contributed by atoms with Crippen LogP contribution in [0.5, 0.6) is 0 Å². The molecule has 116 valence electrons. The van der Waals surface area contributed by atoms with Crippen LogP contribution >= 0.6 is 0 Å². The van der Waals surface area contributed by atoms with E-state index in [1.807, 2.05) is 44.2 Å². The second kappa shape index (κ2) is 6.23. The van der Waals surface area contributed by atoms with Gasteiger partial charge in [0.05, 0.1) is 0 Å². The van der Waals surface area contributed by atoms with Crippen molar-refractivity contribution >= 4 is 11.9 Å². The average molecular weight is 300 g/mol. The molecule has 4 nitrogen and oxygen atoms in total. The maximum absolute atomic E-state index is 12.2. The standard InChI is InChI=1S/C18H20O4/c1-12(2)14(11-10-13-8-6-5-7-9-13)15-16(19)21-18(3,4)22-17(15)20/h5-9,12,14-15H,1-4H3/t14-/m1/s1. The summed E-state index contributed by atoms with van der Waals surface area (Å²) < 4.78 is 10.4. The van der Waals surface area contributed by atoms with Gasteiger partial charge in [-0.3, -0.25) is 9.59 Å². The first-order valence-corrected chi connectivity index (χ1v) is 7.32. The smallest absolute Gasteiger partial charge is 0.324 e. The molecule has 0 N–H and O–H groups in total. The number of hydrogen-bond donors (Lipinski definition) is 0. The Bertz CT molecular complexity index is 599. The van der Waals surface area contributed by atoms with Crippen molar-refractivity contribution in [1.82, 2.24) is 0 Å². The van der Waals surface area contributed by atoms with Gasteiger partial charge in [0.1, 0.15) is 0 Å². The molecular weight excluding hydrogens is 280 g/mol. The molecule has 0 unspecified atom stereocenters. The van der Waals surface area contributed by atoms with E-state index in [0.717, 1.165) is 5.56 Å². The van der Waals surface area contributed by atoms with Crippen LogP contribution in [0.25, 0.3) is 0 Å². The van der Waals surface area contributed by atoms with Gasteiger partial charge >= 0.3 is 11.9 Å². The molecule has 2 rings (SSSR count). The average Bonchev–Trinajstić information content (AvgIpc) is 2.41. The zero-order valence-electron chi connectivity index (χ0n) is 13.3. The van der Waals surface area contributed by atoms with Gasteiger partial charge in [-0.15, -0.1) is 0 Å². The van der Waals surface area contributed by atoms with E-state index in [2.05, 4.69) is 11.8 Å². The largest absolute Gasteiger partial charge is 0.422 e. The highest BCUT2D eigenvalue weighted by molar-refractivity contribution is 5.97. The summed E-state index contributed by atoms with van der Waals surface area (Å²) in [5.74, 6) is 2.29. The summed E-state index contributed by atoms with van der Waals surface area (Å²) in [6.07, 6.45) is 0. The van der Waals surface area contributed by atoms with Crippen molar-refractivity contribution in [2.24, 2.45) is 17.8 Å². The van der Waals surface area contributed by atoms with Crippen LogP contribution in [0.3, 0.4) is 0 Å². The van der Waals surface area contributed by atoms with Gasteiger partial charge in [0.25, 0.3) is 5.79 Å². The van der Waals surface area contributed by atoms with Crippen LogP contribution in [0.2, 0.25) is 0 Å². The Morgan fingerprint density at radius 3 is 2.09 bits per heavy atom. The van der Waals surface area contributed by atoms with Gasteiger partial charge in [-0.1, -0.05) is 43.9 Å². The van der Waals surface area contributed by atoms with E-state index in [1.54, 1.807) is 13.8 Å². The lowest BCUT2D eigenvalue weighted by Gasteiger charge is -2.35. The first kappa shape index (κ1) is 16.1. The zero-order valence-corrected chi connectivity index (χ0v) is 13.3. The van der Waals surface area contributed by atoms with Crippen LogP contribution in [0.1, 0.15) is 33.3 Å². The van der Waals surface area contributed by atoms with Crippen molar-refractivity contribution in [3.05, 3.63) is 35.9 Å². The Hall–Kier alpha value is -2.28. The molecule has 1 aliphatic rings. The van der Waals surface area contributed by atoms with Crippen molar-refractivity contribution < 1.29 is 19.1 Å². The molecule has 1 saturated heterocycles. The number of hydrogen-bond acceptors (Lipinski definition) is 4. The third-order valence-corrected chi connectivity index (χ3v) is 3.43. The van der Waals surface area contributed by atoms with Gasteiger partial charge in [-0.05, 0) is 18.1 Å². The molecule has 1 fully saturated rings.